The zero-order valence-electron chi connectivity index (χ0n) is 10.8. The first-order chi connectivity index (χ1) is 9.20. The van der Waals surface area contributed by atoms with Gasteiger partial charge in [-0.3, -0.25) is 4.79 Å². The zero-order chi connectivity index (χ0) is 13.7. The predicted octanol–water partition coefficient (Wildman–Crippen LogP) is 3.47. The number of hydrogen-bond acceptors (Lipinski definition) is 3. The molecule has 1 atom stereocenters. The third-order valence-electron chi connectivity index (χ3n) is 3.62. The highest BCUT2D eigenvalue weighted by atomic mass is 35.5. The molecular formula is C15H19ClO3. The van der Waals surface area contributed by atoms with Crippen molar-refractivity contribution in [1.82, 2.24) is 0 Å². The molecule has 0 heterocycles. The molecule has 2 rings (SSSR count). The average molecular weight is 283 g/mol. The lowest BCUT2D eigenvalue weighted by atomic mass is 10.0. The van der Waals surface area contributed by atoms with Gasteiger partial charge in [0.05, 0.1) is 16.7 Å². The summed E-state index contributed by atoms with van der Waals surface area (Å²) in [5.41, 5.74) is 0.417. The maximum atomic E-state index is 10.9. The minimum absolute atomic E-state index is 0.182. The number of halogens is 1. The largest absolute Gasteiger partial charge is 0.489 e. The van der Waals surface area contributed by atoms with Crippen molar-refractivity contribution in [3.8, 4) is 5.75 Å². The molecule has 0 radical (unpaired) electrons. The Balaban J connectivity index is 1.89. The minimum atomic E-state index is -0.501. The number of hydrogen-bond donors (Lipinski definition) is 1. The molecule has 1 N–H and O–H groups in total. The summed E-state index contributed by atoms with van der Waals surface area (Å²) in [5, 5.41) is 10.4. The van der Waals surface area contributed by atoms with E-state index >= 15 is 0 Å². The van der Waals surface area contributed by atoms with Crippen LogP contribution in [-0.2, 0) is 0 Å². The third kappa shape index (κ3) is 3.95. The van der Waals surface area contributed by atoms with Gasteiger partial charge in [-0.15, -0.1) is 0 Å². The van der Waals surface area contributed by atoms with Crippen LogP contribution in [0.25, 0.3) is 0 Å². The van der Waals surface area contributed by atoms with Gasteiger partial charge in [0.25, 0.3) is 0 Å². The number of carbonyl (C=O) groups is 1. The zero-order valence-corrected chi connectivity index (χ0v) is 11.6. The van der Waals surface area contributed by atoms with Crippen LogP contribution in [0, 0.1) is 5.92 Å². The molecule has 1 aliphatic carbocycles. The highest BCUT2D eigenvalue weighted by Crippen LogP contribution is 2.30. The van der Waals surface area contributed by atoms with Crippen molar-refractivity contribution >= 4 is 17.9 Å². The van der Waals surface area contributed by atoms with Gasteiger partial charge in [0.1, 0.15) is 12.4 Å². The van der Waals surface area contributed by atoms with Crippen molar-refractivity contribution in [2.45, 2.75) is 38.2 Å². The summed E-state index contributed by atoms with van der Waals surface area (Å²) in [6.45, 7) is 0.182. The smallest absolute Gasteiger partial charge is 0.153 e. The SMILES string of the molecule is O=Cc1cccc(Cl)c1OCC(O)CC1CCCC1. The van der Waals surface area contributed by atoms with Gasteiger partial charge in [0.15, 0.2) is 6.29 Å². The second-order valence-corrected chi connectivity index (χ2v) is 5.53. The molecule has 4 heteroatoms. The molecule has 1 fully saturated rings. The van der Waals surface area contributed by atoms with E-state index in [9.17, 15) is 9.90 Å². The molecular weight excluding hydrogens is 264 g/mol. The fraction of sp³-hybridized carbons (Fsp3) is 0.533. The van der Waals surface area contributed by atoms with Crippen LogP contribution in [0.4, 0.5) is 0 Å². The Kier molecular flexibility index (Phi) is 5.23. The van der Waals surface area contributed by atoms with Crippen LogP contribution in [0.5, 0.6) is 5.75 Å². The van der Waals surface area contributed by atoms with Gasteiger partial charge in [-0.05, 0) is 24.5 Å². The Morgan fingerprint density at radius 2 is 2.16 bits per heavy atom. The van der Waals surface area contributed by atoms with Crippen LogP contribution < -0.4 is 4.74 Å². The molecule has 1 aromatic carbocycles. The van der Waals surface area contributed by atoms with Gasteiger partial charge in [0.2, 0.25) is 0 Å². The van der Waals surface area contributed by atoms with Gasteiger partial charge in [-0.2, -0.15) is 0 Å². The fourth-order valence-corrected chi connectivity index (χ4v) is 2.89. The van der Waals surface area contributed by atoms with Crippen LogP contribution in [0.1, 0.15) is 42.5 Å². The van der Waals surface area contributed by atoms with Gasteiger partial charge in [0, 0.05) is 0 Å². The summed E-state index contributed by atoms with van der Waals surface area (Å²) >= 11 is 6.00. The van der Waals surface area contributed by atoms with Crippen molar-refractivity contribution < 1.29 is 14.6 Å². The van der Waals surface area contributed by atoms with E-state index in [0.717, 1.165) is 6.42 Å². The van der Waals surface area contributed by atoms with E-state index in [1.54, 1.807) is 18.2 Å². The number of aliphatic hydroxyl groups excluding tert-OH is 1. The predicted molar refractivity (Wildman–Crippen MR) is 74.9 cm³/mol. The maximum Gasteiger partial charge on any atom is 0.153 e. The number of para-hydroxylation sites is 1. The molecule has 0 aromatic heterocycles. The van der Waals surface area contributed by atoms with Crippen LogP contribution in [0.3, 0.4) is 0 Å². The molecule has 104 valence electrons. The molecule has 1 unspecified atom stereocenters. The highest BCUT2D eigenvalue weighted by molar-refractivity contribution is 6.32. The van der Waals surface area contributed by atoms with Crippen molar-refractivity contribution in [1.29, 1.82) is 0 Å². The van der Waals surface area contributed by atoms with E-state index in [1.807, 2.05) is 0 Å². The fourth-order valence-electron chi connectivity index (χ4n) is 2.65. The molecule has 0 aliphatic heterocycles. The Morgan fingerprint density at radius 1 is 1.42 bits per heavy atom. The van der Waals surface area contributed by atoms with E-state index in [-0.39, 0.29) is 6.61 Å². The first-order valence-electron chi connectivity index (χ1n) is 6.75. The Bertz CT molecular complexity index is 427. The van der Waals surface area contributed by atoms with Crippen LogP contribution in [0.2, 0.25) is 5.02 Å². The Hall–Kier alpha value is -1.06. The van der Waals surface area contributed by atoms with E-state index in [0.29, 0.717) is 28.5 Å². The summed E-state index contributed by atoms with van der Waals surface area (Å²) in [7, 11) is 0. The van der Waals surface area contributed by atoms with E-state index < -0.39 is 6.10 Å². The molecule has 0 amide bonds. The standard InChI is InChI=1S/C15H19ClO3/c16-14-7-3-6-12(9-17)15(14)19-10-13(18)8-11-4-1-2-5-11/h3,6-7,9,11,13,18H,1-2,4-5,8,10H2. The van der Waals surface area contributed by atoms with Gasteiger partial charge in [-0.1, -0.05) is 43.4 Å². The van der Waals surface area contributed by atoms with Crippen molar-refractivity contribution in [2.75, 3.05) is 6.61 Å². The molecule has 1 aliphatic rings. The monoisotopic (exact) mass is 282 g/mol. The van der Waals surface area contributed by atoms with Gasteiger partial charge >= 0.3 is 0 Å². The molecule has 19 heavy (non-hydrogen) atoms. The van der Waals surface area contributed by atoms with Crippen LogP contribution >= 0.6 is 11.6 Å². The first kappa shape index (κ1) is 14.4. The average Bonchev–Trinajstić information content (AvgIpc) is 2.89. The molecule has 0 bridgehead atoms. The lowest BCUT2D eigenvalue weighted by Gasteiger charge is -2.17. The quantitative estimate of drug-likeness (QED) is 0.813. The lowest BCUT2D eigenvalue weighted by Crippen LogP contribution is -2.20. The number of benzene rings is 1. The number of carbonyl (C=O) groups excluding carboxylic acids is 1. The summed E-state index contributed by atoms with van der Waals surface area (Å²) in [6.07, 6.45) is 5.89. The third-order valence-corrected chi connectivity index (χ3v) is 3.92. The second kappa shape index (κ2) is 6.92. The molecule has 3 nitrogen and oxygen atoms in total. The summed E-state index contributed by atoms with van der Waals surface area (Å²) in [6, 6.07) is 5.03. The number of aliphatic hydroxyl groups is 1. The van der Waals surface area contributed by atoms with Crippen molar-refractivity contribution in [2.24, 2.45) is 5.92 Å². The maximum absolute atomic E-state index is 10.9. The van der Waals surface area contributed by atoms with Crippen molar-refractivity contribution in [3.63, 3.8) is 0 Å². The van der Waals surface area contributed by atoms with E-state index in [1.165, 1.54) is 25.7 Å². The Morgan fingerprint density at radius 3 is 2.84 bits per heavy atom. The normalized spacial score (nSPS) is 17.4. The van der Waals surface area contributed by atoms with Gasteiger partial charge < -0.3 is 9.84 Å². The minimum Gasteiger partial charge on any atom is -0.489 e. The Labute approximate surface area is 118 Å². The molecule has 1 saturated carbocycles. The lowest BCUT2D eigenvalue weighted by molar-refractivity contribution is 0.0846. The van der Waals surface area contributed by atoms with Crippen LogP contribution in [-0.4, -0.2) is 24.1 Å². The molecule has 0 saturated heterocycles. The topological polar surface area (TPSA) is 46.5 Å². The first-order valence-corrected chi connectivity index (χ1v) is 7.13. The number of ether oxygens (including phenoxy) is 1. The van der Waals surface area contributed by atoms with E-state index in [2.05, 4.69) is 0 Å². The molecule has 0 spiro atoms. The molecule has 1 aromatic rings. The summed E-state index contributed by atoms with van der Waals surface area (Å²) in [4.78, 5) is 10.9. The summed E-state index contributed by atoms with van der Waals surface area (Å²) in [5.74, 6) is 0.972. The summed E-state index contributed by atoms with van der Waals surface area (Å²) < 4.78 is 5.52. The number of aldehydes is 1. The number of rotatable bonds is 6. The van der Waals surface area contributed by atoms with Gasteiger partial charge in [-0.25, -0.2) is 0 Å². The van der Waals surface area contributed by atoms with Crippen LogP contribution in [0.15, 0.2) is 18.2 Å². The van der Waals surface area contributed by atoms with E-state index in [4.69, 9.17) is 16.3 Å². The highest BCUT2D eigenvalue weighted by Gasteiger charge is 2.19. The second-order valence-electron chi connectivity index (χ2n) is 5.13. The van der Waals surface area contributed by atoms with Crippen molar-refractivity contribution in [3.05, 3.63) is 28.8 Å².